The Bertz CT molecular complexity index is 485. The van der Waals surface area contributed by atoms with Crippen LogP contribution in [0.4, 0.5) is 0 Å². The van der Waals surface area contributed by atoms with Gasteiger partial charge >= 0.3 is 0 Å². The van der Waals surface area contributed by atoms with Crippen LogP contribution in [0.15, 0.2) is 25.0 Å². The number of nitrogens with one attached hydrogen (secondary N) is 1. The molecule has 0 saturated carbocycles. The Morgan fingerprint density at radius 3 is 3.25 bits per heavy atom. The third-order valence-electron chi connectivity index (χ3n) is 1.84. The molecule has 5 nitrogen and oxygen atoms in total. The van der Waals surface area contributed by atoms with Crippen molar-refractivity contribution in [3.8, 4) is 0 Å². The highest BCUT2D eigenvalue weighted by atomic mass is 15.3. The molecule has 0 radical (unpaired) electrons. The topological polar surface area (TPSA) is 58.9 Å². The third-order valence-corrected chi connectivity index (χ3v) is 1.84. The Balaban J connectivity index is 2.71. The maximum atomic E-state index is 4.17. The fraction of sp³-hybridized carbons (Fsp3) is 0. The van der Waals surface area contributed by atoms with Crippen molar-refractivity contribution in [2.75, 3.05) is 0 Å². The number of H-pyrrole nitrogens is 1. The first kappa shape index (κ1) is 5.70. The Labute approximate surface area is 67.1 Å². The van der Waals surface area contributed by atoms with Gasteiger partial charge in [-0.3, -0.25) is 0 Å². The highest BCUT2D eigenvalue weighted by Gasteiger charge is 2.02. The van der Waals surface area contributed by atoms with Crippen molar-refractivity contribution >= 4 is 16.6 Å². The Hall–Kier alpha value is -1.91. The molecule has 3 aromatic rings. The van der Waals surface area contributed by atoms with Crippen molar-refractivity contribution in [2.45, 2.75) is 0 Å². The number of nitrogens with zero attached hydrogens (tertiary/aromatic N) is 4. The summed E-state index contributed by atoms with van der Waals surface area (Å²) in [7, 11) is 0. The molecule has 12 heavy (non-hydrogen) atoms. The van der Waals surface area contributed by atoms with E-state index in [-0.39, 0.29) is 0 Å². The number of aromatic amines is 1. The lowest BCUT2D eigenvalue weighted by Gasteiger charge is -1.90. The van der Waals surface area contributed by atoms with E-state index in [1.54, 1.807) is 10.8 Å². The van der Waals surface area contributed by atoms with Crippen LogP contribution >= 0.6 is 0 Å². The average Bonchev–Trinajstić information content (AvgIpc) is 2.71. The third kappa shape index (κ3) is 0.554. The van der Waals surface area contributed by atoms with Crippen LogP contribution in [0.1, 0.15) is 0 Å². The van der Waals surface area contributed by atoms with Crippen LogP contribution in [0.25, 0.3) is 16.6 Å². The molecule has 0 aromatic carbocycles. The molecule has 1 N–H and O–H groups in total. The second kappa shape index (κ2) is 1.82. The zero-order valence-corrected chi connectivity index (χ0v) is 6.10. The standard InChI is InChI=1S/C7H5N5/c1-5-6(2-8-1)10-4-12-7(5)9-3-11-12/h1-4,8H. The van der Waals surface area contributed by atoms with E-state index in [2.05, 4.69) is 20.1 Å². The molecule has 3 aromatic heterocycles. The predicted molar refractivity (Wildman–Crippen MR) is 42.6 cm³/mol. The summed E-state index contributed by atoms with van der Waals surface area (Å²) in [5.74, 6) is 0. The average molecular weight is 159 g/mol. The van der Waals surface area contributed by atoms with Crippen LogP contribution in [-0.4, -0.2) is 24.6 Å². The summed E-state index contributed by atoms with van der Waals surface area (Å²) in [6, 6.07) is 0. The second-order valence-corrected chi connectivity index (χ2v) is 2.53. The van der Waals surface area contributed by atoms with Crippen LogP contribution in [0.3, 0.4) is 0 Å². The molecule has 5 heteroatoms. The zero-order valence-electron chi connectivity index (χ0n) is 6.10. The van der Waals surface area contributed by atoms with Crippen LogP contribution in [0.2, 0.25) is 0 Å². The van der Waals surface area contributed by atoms with Crippen LogP contribution in [0, 0.1) is 0 Å². The minimum atomic E-state index is 0.834. The molecule has 0 unspecified atom stereocenters. The van der Waals surface area contributed by atoms with Crippen LogP contribution in [-0.2, 0) is 0 Å². The molecule has 0 aliphatic heterocycles. The lowest BCUT2D eigenvalue weighted by atomic mass is 10.4. The first-order chi connectivity index (χ1) is 5.95. The summed E-state index contributed by atoms with van der Waals surface area (Å²) in [6.07, 6.45) is 6.87. The summed E-state index contributed by atoms with van der Waals surface area (Å²) < 4.78 is 1.65. The van der Waals surface area contributed by atoms with E-state index in [1.807, 2.05) is 12.4 Å². The van der Waals surface area contributed by atoms with E-state index in [9.17, 15) is 0 Å². The van der Waals surface area contributed by atoms with Gasteiger partial charge in [0.05, 0.1) is 10.9 Å². The van der Waals surface area contributed by atoms with Gasteiger partial charge in [0.25, 0.3) is 0 Å². The summed E-state index contributed by atoms with van der Waals surface area (Å²) in [5, 5.41) is 4.97. The second-order valence-electron chi connectivity index (χ2n) is 2.53. The number of fused-ring (bicyclic) bond motifs is 3. The van der Waals surface area contributed by atoms with Gasteiger partial charge in [0, 0.05) is 12.4 Å². The molecular weight excluding hydrogens is 154 g/mol. The predicted octanol–water partition coefficient (Wildman–Crippen LogP) is 0.606. The van der Waals surface area contributed by atoms with Crippen LogP contribution < -0.4 is 0 Å². The molecule has 0 aliphatic rings. The quantitative estimate of drug-likeness (QED) is 0.522. The van der Waals surface area contributed by atoms with Crippen molar-refractivity contribution in [1.29, 1.82) is 0 Å². The van der Waals surface area contributed by atoms with Gasteiger partial charge in [-0.25, -0.2) is 14.5 Å². The SMILES string of the molecule is c1nc2c3c[nH]cc3ncn2n1. The van der Waals surface area contributed by atoms with Gasteiger partial charge < -0.3 is 4.98 Å². The van der Waals surface area contributed by atoms with E-state index in [0.29, 0.717) is 0 Å². The molecule has 0 atom stereocenters. The van der Waals surface area contributed by atoms with Gasteiger partial charge in [0.1, 0.15) is 12.7 Å². The molecule has 0 amide bonds. The maximum absolute atomic E-state index is 4.17. The highest BCUT2D eigenvalue weighted by molar-refractivity contribution is 5.90. The summed E-state index contributed by atoms with van der Waals surface area (Å²) in [6.45, 7) is 0. The Kier molecular flexibility index (Phi) is 0.864. The Morgan fingerprint density at radius 1 is 1.25 bits per heavy atom. The highest BCUT2D eigenvalue weighted by Crippen LogP contribution is 2.13. The normalized spacial score (nSPS) is 11.3. The summed E-state index contributed by atoms with van der Waals surface area (Å²) >= 11 is 0. The van der Waals surface area contributed by atoms with E-state index in [0.717, 1.165) is 16.6 Å². The van der Waals surface area contributed by atoms with Crippen molar-refractivity contribution in [3.05, 3.63) is 25.0 Å². The maximum Gasteiger partial charge on any atom is 0.167 e. The molecule has 58 valence electrons. The fourth-order valence-corrected chi connectivity index (χ4v) is 1.29. The van der Waals surface area contributed by atoms with E-state index < -0.39 is 0 Å². The van der Waals surface area contributed by atoms with Gasteiger partial charge in [0.15, 0.2) is 5.65 Å². The molecule has 0 saturated heterocycles. The molecule has 0 fully saturated rings. The molecular formula is C7H5N5. The van der Waals surface area contributed by atoms with Gasteiger partial charge in [-0.15, -0.1) is 0 Å². The minimum absolute atomic E-state index is 0.834. The smallest absolute Gasteiger partial charge is 0.167 e. The van der Waals surface area contributed by atoms with Crippen molar-refractivity contribution in [3.63, 3.8) is 0 Å². The molecule has 3 heterocycles. The molecule has 0 bridgehead atoms. The lowest BCUT2D eigenvalue weighted by molar-refractivity contribution is 0.935. The monoisotopic (exact) mass is 159 g/mol. The van der Waals surface area contributed by atoms with Crippen LogP contribution in [0.5, 0.6) is 0 Å². The van der Waals surface area contributed by atoms with Crippen molar-refractivity contribution < 1.29 is 0 Å². The molecule has 3 rings (SSSR count). The molecule has 0 aliphatic carbocycles. The summed E-state index contributed by atoms with van der Waals surface area (Å²) in [5.41, 5.74) is 1.75. The number of aromatic nitrogens is 5. The number of hydrogen-bond acceptors (Lipinski definition) is 3. The van der Waals surface area contributed by atoms with E-state index >= 15 is 0 Å². The van der Waals surface area contributed by atoms with Crippen molar-refractivity contribution in [2.24, 2.45) is 0 Å². The van der Waals surface area contributed by atoms with E-state index in [1.165, 1.54) is 6.33 Å². The lowest BCUT2D eigenvalue weighted by Crippen LogP contribution is -1.88. The van der Waals surface area contributed by atoms with Gasteiger partial charge in [0.2, 0.25) is 0 Å². The van der Waals surface area contributed by atoms with Gasteiger partial charge in [-0.2, -0.15) is 5.10 Å². The molecule has 0 spiro atoms. The van der Waals surface area contributed by atoms with Gasteiger partial charge in [-0.1, -0.05) is 0 Å². The minimum Gasteiger partial charge on any atom is -0.365 e. The number of rotatable bonds is 0. The Morgan fingerprint density at radius 2 is 2.25 bits per heavy atom. The first-order valence-corrected chi connectivity index (χ1v) is 3.56. The van der Waals surface area contributed by atoms with E-state index in [4.69, 9.17) is 0 Å². The van der Waals surface area contributed by atoms with Crippen molar-refractivity contribution in [1.82, 2.24) is 24.6 Å². The first-order valence-electron chi connectivity index (χ1n) is 3.56. The zero-order chi connectivity index (χ0) is 7.97. The fourth-order valence-electron chi connectivity index (χ4n) is 1.29. The number of hydrogen-bond donors (Lipinski definition) is 1. The summed E-state index contributed by atoms with van der Waals surface area (Å²) in [4.78, 5) is 11.3. The van der Waals surface area contributed by atoms with Gasteiger partial charge in [-0.05, 0) is 0 Å². The largest absolute Gasteiger partial charge is 0.365 e.